The number of rotatable bonds is 0. The Morgan fingerprint density at radius 1 is 0.889 bits per heavy atom. The van der Waals surface area contributed by atoms with Crippen molar-refractivity contribution >= 4 is 11.4 Å². The van der Waals surface area contributed by atoms with Gasteiger partial charge in [0.25, 0.3) is 0 Å². The van der Waals surface area contributed by atoms with Crippen LogP contribution in [0, 0.1) is 0 Å². The van der Waals surface area contributed by atoms with Crippen LogP contribution in [0.15, 0.2) is 9.98 Å². The van der Waals surface area contributed by atoms with Crippen LogP contribution in [0.25, 0.3) is 0 Å². The molecule has 1 heterocycles. The molecule has 48 valence electrons. The summed E-state index contributed by atoms with van der Waals surface area (Å²) in [6.45, 7) is 0.713. The first-order valence-corrected chi connectivity index (χ1v) is 3.54. The Labute approximate surface area is 54.7 Å². The molecule has 2 rings (SSSR count). The van der Waals surface area contributed by atoms with Crippen molar-refractivity contribution in [3.05, 3.63) is 0 Å². The first-order valence-electron chi connectivity index (χ1n) is 3.54. The minimum atomic E-state index is 0.713. The summed E-state index contributed by atoms with van der Waals surface area (Å²) in [7, 11) is 0. The number of hydrogen-bond donors (Lipinski definition) is 0. The Hall–Kier alpha value is -0.660. The van der Waals surface area contributed by atoms with Crippen LogP contribution in [0.5, 0.6) is 0 Å². The Balaban J connectivity index is 2.22. The predicted octanol–water partition coefficient (Wildman–Crippen LogP) is 1.41. The van der Waals surface area contributed by atoms with Crippen LogP contribution in [-0.4, -0.2) is 18.1 Å². The van der Waals surface area contributed by atoms with Gasteiger partial charge in [-0.2, -0.15) is 0 Å². The SMILES string of the molecule is C1CCC2=NCN=C2C1. The molecular weight excluding hydrogens is 112 g/mol. The van der Waals surface area contributed by atoms with E-state index >= 15 is 0 Å². The van der Waals surface area contributed by atoms with Crippen molar-refractivity contribution < 1.29 is 0 Å². The number of hydrogen-bond acceptors (Lipinski definition) is 2. The zero-order chi connectivity index (χ0) is 6.10. The summed E-state index contributed by atoms with van der Waals surface area (Å²) in [5.74, 6) is 0. The molecule has 0 saturated heterocycles. The van der Waals surface area contributed by atoms with E-state index < -0.39 is 0 Å². The highest BCUT2D eigenvalue weighted by Gasteiger charge is 2.16. The smallest absolute Gasteiger partial charge is 0.130 e. The number of nitrogens with zero attached hydrogens (tertiary/aromatic N) is 2. The van der Waals surface area contributed by atoms with E-state index in [1.807, 2.05) is 0 Å². The summed E-state index contributed by atoms with van der Waals surface area (Å²) in [5.41, 5.74) is 2.59. The van der Waals surface area contributed by atoms with E-state index in [-0.39, 0.29) is 0 Å². The Morgan fingerprint density at radius 2 is 1.44 bits per heavy atom. The molecule has 0 radical (unpaired) electrons. The van der Waals surface area contributed by atoms with Crippen molar-refractivity contribution in [2.45, 2.75) is 25.7 Å². The second kappa shape index (κ2) is 1.94. The van der Waals surface area contributed by atoms with Crippen LogP contribution in [0.2, 0.25) is 0 Å². The number of aliphatic imine (C=N–C) groups is 2. The normalized spacial score (nSPS) is 24.9. The van der Waals surface area contributed by atoms with Crippen LogP contribution < -0.4 is 0 Å². The van der Waals surface area contributed by atoms with E-state index in [2.05, 4.69) is 9.98 Å². The molecule has 0 spiro atoms. The second-order valence-electron chi connectivity index (χ2n) is 2.56. The monoisotopic (exact) mass is 122 g/mol. The van der Waals surface area contributed by atoms with Crippen LogP contribution >= 0.6 is 0 Å². The zero-order valence-electron chi connectivity index (χ0n) is 5.43. The minimum absolute atomic E-state index is 0.713. The van der Waals surface area contributed by atoms with Gasteiger partial charge in [0.1, 0.15) is 6.67 Å². The fraction of sp³-hybridized carbons (Fsp3) is 0.714. The van der Waals surface area contributed by atoms with Gasteiger partial charge in [-0.25, -0.2) is 0 Å². The van der Waals surface area contributed by atoms with E-state index in [0.717, 1.165) is 0 Å². The standard InChI is InChI=1S/C7H10N2/c1-2-4-7-6(3-1)8-5-9-7/h1-5H2. The van der Waals surface area contributed by atoms with Gasteiger partial charge in [0, 0.05) is 0 Å². The fourth-order valence-corrected chi connectivity index (χ4v) is 1.42. The van der Waals surface area contributed by atoms with Gasteiger partial charge in [0.2, 0.25) is 0 Å². The summed E-state index contributed by atoms with van der Waals surface area (Å²) < 4.78 is 0. The molecule has 1 fully saturated rings. The van der Waals surface area contributed by atoms with Crippen molar-refractivity contribution in [2.75, 3.05) is 6.67 Å². The first kappa shape index (κ1) is 5.15. The molecule has 1 saturated carbocycles. The summed E-state index contributed by atoms with van der Waals surface area (Å²) in [4.78, 5) is 8.54. The average molecular weight is 122 g/mol. The van der Waals surface area contributed by atoms with Gasteiger partial charge >= 0.3 is 0 Å². The average Bonchev–Trinajstić information content (AvgIpc) is 2.33. The highest BCUT2D eigenvalue weighted by atomic mass is 15.0. The van der Waals surface area contributed by atoms with E-state index in [1.165, 1.54) is 37.1 Å². The molecule has 1 aliphatic carbocycles. The third-order valence-electron chi connectivity index (χ3n) is 1.93. The Kier molecular flexibility index (Phi) is 1.11. The highest BCUT2D eigenvalue weighted by Crippen LogP contribution is 2.16. The third-order valence-corrected chi connectivity index (χ3v) is 1.93. The van der Waals surface area contributed by atoms with E-state index in [0.29, 0.717) is 6.67 Å². The van der Waals surface area contributed by atoms with Gasteiger partial charge in [-0.05, 0) is 25.7 Å². The maximum Gasteiger partial charge on any atom is 0.130 e. The van der Waals surface area contributed by atoms with Gasteiger partial charge in [-0.15, -0.1) is 0 Å². The molecule has 0 amide bonds. The second-order valence-corrected chi connectivity index (χ2v) is 2.56. The number of fused-ring (bicyclic) bond motifs is 1. The zero-order valence-corrected chi connectivity index (χ0v) is 5.43. The lowest BCUT2D eigenvalue weighted by Crippen LogP contribution is -2.15. The molecule has 0 N–H and O–H groups in total. The molecule has 2 nitrogen and oxygen atoms in total. The van der Waals surface area contributed by atoms with Gasteiger partial charge in [0.15, 0.2) is 0 Å². The lowest BCUT2D eigenvalue weighted by atomic mass is 9.97. The van der Waals surface area contributed by atoms with Crippen molar-refractivity contribution in [1.29, 1.82) is 0 Å². The van der Waals surface area contributed by atoms with Crippen molar-refractivity contribution in [3.8, 4) is 0 Å². The van der Waals surface area contributed by atoms with Crippen molar-refractivity contribution in [2.24, 2.45) is 9.98 Å². The maximum atomic E-state index is 4.27. The maximum absolute atomic E-state index is 4.27. The molecule has 2 aliphatic rings. The quantitative estimate of drug-likeness (QED) is 0.464. The summed E-state index contributed by atoms with van der Waals surface area (Å²) in [6.07, 6.45) is 4.99. The minimum Gasteiger partial charge on any atom is -0.265 e. The van der Waals surface area contributed by atoms with Gasteiger partial charge < -0.3 is 0 Å². The van der Waals surface area contributed by atoms with Crippen molar-refractivity contribution in [3.63, 3.8) is 0 Å². The molecule has 0 aromatic heterocycles. The fourth-order valence-electron chi connectivity index (χ4n) is 1.42. The molecule has 9 heavy (non-hydrogen) atoms. The van der Waals surface area contributed by atoms with E-state index in [9.17, 15) is 0 Å². The molecule has 0 bridgehead atoms. The van der Waals surface area contributed by atoms with Crippen LogP contribution in [0.4, 0.5) is 0 Å². The molecule has 1 aliphatic heterocycles. The lowest BCUT2D eigenvalue weighted by Gasteiger charge is -2.10. The molecule has 0 unspecified atom stereocenters. The van der Waals surface area contributed by atoms with Crippen molar-refractivity contribution in [1.82, 2.24) is 0 Å². The summed E-state index contributed by atoms with van der Waals surface area (Å²) >= 11 is 0. The lowest BCUT2D eigenvalue weighted by molar-refractivity contribution is 0.780. The molecular formula is C7H10N2. The summed E-state index contributed by atoms with van der Waals surface area (Å²) in [5, 5.41) is 0. The molecule has 0 aromatic rings. The van der Waals surface area contributed by atoms with Crippen LogP contribution in [-0.2, 0) is 0 Å². The topological polar surface area (TPSA) is 24.7 Å². The molecule has 2 heteroatoms. The largest absolute Gasteiger partial charge is 0.265 e. The van der Waals surface area contributed by atoms with Gasteiger partial charge in [-0.3, -0.25) is 9.98 Å². The van der Waals surface area contributed by atoms with Crippen LogP contribution in [0.3, 0.4) is 0 Å². The van der Waals surface area contributed by atoms with Gasteiger partial charge in [0.05, 0.1) is 11.4 Å². The highest BCUT2D eigenvalue weighted by molar-refractivity contribution is 6.43. The molecule has 0 aromatic carbocycles. The summed E-state index contributed by atoms with van der Waals surface area (Å²) in [6, 6.07) is 0. The Bertz CT molecular complexity index is 159. The third kappa shape index (κ3) is 0.784. The van der Waals surface area contributed by atoms with E-state index in [1.54, 1.807) is 0 Å². The van der Waals surface area contributed by atoms with Gasteiger partial charge in [-0.1, -0.05) is 0 Å². The Morgan fingerprint density at radius 3 is 2.00 bits per heavy atom. The van der Waals surface area contributed by atoms with E-state index in [4.69, 9.17) is 0 Å². The first-order chi connectivity index (χ1) is 4.47. The predicted molar refractivity (Wildman–Crippen MR) is 38.2 cm³/mol. The molecule has 0 atom stereocenters. The van der Waals surface area contributed by atoms with Crippen LogP contribution in [0.1, 0.15) is 25.7 Å².